The maximum atomic E-state index is 5.61. The lowest BCUT2D eigenvalue weighted by Crippen LogP contribution is -2.20. The first-order chi connectivity index (χ1) is 6.59. The Bertz CT molecular complexity index is 284. The van der Waals surface area contributed by atoms with Crippen LogP contribution < -0.4 is 10.6 Å². The molecule has 3 heteroatoms. The molecule has 0 amide bonds. The van der Waals surface area contributed by atoms with Crippen LogP contribution in [0.25, 0.3) is 0 Å². The molecule has 0 saturated carbocycles. The first-order valence-corrected chi connectivity index (χ1v) is 5.02. The summed E-state index contributed by atoms with van der Waals surface area (Å²) in [4.78, 5) is 6.17. The number of nitrogens with two attached hydrogens (primary N) is 1. The quantitative estimate of drug-likeness (QED) is 0.796. The lowest BCUT2D eigenvalue weighted by atomic mass is 10.1. The average molecular weight is 193 g/mol. The number of anilines is 2. The predicted octanol–water partition coefficient (Wildman–Crippen LogP) is 2.15. The van der Waals surface area contributed by atoms with Crippen molar-refractivity contribution in [1.82, 2.24) is 4.98 Å². The van der Waals surface area contributed by atoms with Gasteiger partial charge in [-0.15, -0.1) is 0 Å². The van der Waals surface area contributed by atoms with E-state index in [4.69, 9.17) is 5.73 Å². The smallest absolute Gasteiger partial charge is 0.125 e. The topological polar surface area (TPSA) is 42.2 Å². The molecule has 0 unspecified atom stereocenters. The molecular formula is C11H19N3. The summed E-state index contributed by atoms with van der Waals surface area (Å²) in [6, 6.07) is 3.89. The summed E-state index contributed by atoms with van der Waals surface area (Å²) < 4.78 is 0. The van der Waals surface area contributed by atoms with Crippen LogP contribution in [-0.4, -0.2) is 18.6 Å². The van der Waals surface area contributed by atoms with Gasteiger partial charge in [0.05, 0.1) is 0 Å². The number of nitrogens with zero attached hydrogens (tertiary/aromatic N) is 2. The minimum Gasteiger partial charge on any atom is -0.384 e. The van der Waals surface area contributed by atoms with E-state index in [9.17, 15) is 0 Å². The van der Waals surface area contributed by atoms with Crippen LogP contribution in [0.1, 0.15) is 20.3 Å². The molecule has 0 radical (unpaired) electrons. The van der Waals surface area contributed by atoms with E-state index >= 15 is 0 Å². The highest BCUT2D eigenvalue weighted by Gasteiger charge is 2.02. The van der Waals surface area contributed by atoms with Crippen LogP contribution in [0.5, 0.6) is 0 Å². The Morgan fingerprint density at radius 3 is 2.79 bits per heavy atom. The number of rotatable bonds is 4. The van der Waals surface area contributed by atoms with E-state index in [0.29, 0.717) is 5.82 Å². The minimum atomic E-state index is 0.582. The molecule has 3 nitrogen and oxygen atoms in total. The van der Waals surface area contributed by atoms with Crippen LogP contribution in [0.4, 0.5) is 11.5 Å². The zero-order valence-electron chi connectivity index (χ0n) is 9.20. The van der Waals surface area contributed by atoms with E-state index in [1.54, 1.807) is 6.20 Å². The number of hydrogen-bond acceptors (Lipinski definition) is 3. The molecule has 0 aromatic carbocycles. The molecule has 78 valence electrons. The molecule has 1 rings (SSSR count). The van der Waals surface area contributed by atoms with Crippen molar-refractivity contribution in [3.63, 3.8) is 0 Å². The number of pyridine rings is 1. The average Bonchev–Trinajstić information content (AvgIpc) is 2.14. The number of nitrogen functional groups attached to an aromatic ring is 1. The molecule has 1 aromatic rings. The minimum absolute atomic E-state index is 0.582. The highest BCUT2D eigenvalue weighted by atomic mass is 15.1. The van der Waals surface area contributed by atoms with Gasteiger partial charge in [-0.25, -0.2) is 4.98 Å². The lowest BCUT2D eigenvalue weighted by Gasteiger charge is -2.20. The molecule has 14 heavy (non-hydrogen) atoms. The Morgan fingerprint density at radius 2 is 2.21 bits per heavy atom. The van der Waals surface area contributed by atoms with E-state index in [1.165, 1.54) is 6.42 Å². The summed E-state index contributed by atoms with van der Waals surface area (Å²) in [6.45, 7) is 5.52. The molecule has 1 aromatic heterocycles. The van der Waals surface area contributed by atoms with Crippen molar-refractivity contribution in [3.05, 3.63) is 18.3 Å². The molecule has 0 aliphatic carbocycles. The van der Waals surface area contributed by atoms with E-state index in [1.807, 2.05) is 12.1 Å². The highest BCUT2D eigenvalue weighted by molar-refractivity contribution is 5.51. The molecule has 0 aliphatic heterocycles. The second kappa shape index (κ2) is 4.84. The van der Waals surface area contributed by atoms with Gasteiger partial charge in [0.1, 0.15) is 5.82 Å². The molecule has 0 bridgehead atoms. The third kappa shape index (κ3) is 3.24. The maximum absolute atomic E-state index is 5.61. The van der Waals surface area contributed by atoms with E-state index < -0.39 is 0 Å². The number of hydrogen-bond donors (Lipinski definition) is 1. The van der Waals surface area contributed by atoms with Crippen molar-refractivity contribution in [2.75, 3.05) is 24.2 Å². The fraction of sp³-hybridized carbons (Fsp3) is 0.545. The SMILES string of the molecule is CC(C)CCN(C)c1ccnc(N)c1. The van der Waals surface area contributed by atoms with Crippen LogP contribution in [0.15, 0.2) is 18.3 Å². The largest absolute Gasteiger partial charge is 0.384 e. The summed E-state index contributed by atoms with van der Waals surface area (Å²) in [5.74, 6) is 1.32. The summed E-state index contributed by atoms with van der Waals surface area (Å²) in [5.41, 5.74) is 6.75. The predicted molar refractivity (Wildman–Crippen MR) is 61.4 cm³/mol. The van der Waals surface area contributed by atoms with Crippen molar-refractivity contribution < 1.29 is 0 Å². The van der Waals surface area contributed by atoms with Crippen LogP contribution in [0.2, 0.25) is 0 Å². The fourth-order valence-corrected chi connectivity index (χ4v) is 1.25. The second-order valence-electron chi connectivity index (χ2n) is 4.04. The molecule has 0 spiro atoms. The van der Waals surface area contributed by atoms with Gasteiger partial charge < -0.3 is 10.6 Å². The zero-order valence-corrected chi connectivity index (χ0v) is 9.20. The van der Waals surface area contributed by atoms with Gasteiger partial charge in [0.15, 0.2) is 0 Å². The first kappa shape index (κ1) is 10.8. The van der Waals surface area contributed by atoms with Crippen LogP contribution in [0, 0.1) is 5.92 Å². The monoisotopic (exact) mass is 193 g/mol. The highest BCUT2D eigenvalue weighted by Crippen LogP contribution is 2.14. The van der Waals surface area contributed by atoms with Gasteiger partial charge in [0, 0.05) is 31.5 Å². The van der Waals surface area contributed by atoms with Gasteiger partial charge in [0.2, 0.25) is 0 Å². The molecular weight excluding hydrogens is 174 g/mol. The van der Waals surface area contributed by atoms with Gasteiger partial charge in [-0.1, -0.05) is 13.8 Å². The van der Waals surface area contributed by atoms with E-state index in [0.717, 1.165) is 18.2 Å². The van der Waals surface area contributed by atoms with Crippen molar-refractivity contribution >= 4 is 11.5 Å². The molecule has 0 fully saturated rings. The normalized spacial score (nSPS) is 10.6. The summed E-state index contributed by atoms with van der Waals surface area (Å²) in [7, 11) is 2.08. The summed E-state index contributed by atoms with van der Waals surface area (Å²) in [5, 5.41) is 0. The second-order valence-corrected chi connectivity index (χ2v) is 4.04. The first-order valence-electron chi connectivity index (χ1n) is 5.02. The molecule has 0 aliphatic rings. The Morgan fingerprint density at radius 1 is 1.50 bits per heavy atom. The van der Waals surface area contributed by atoms with Crippen LogP contribution in [-0.2, 0) is 0 Å². The Balaban J connectivity index is 2.56. The number of aromatic nitrogens is 1. The third-order valence-electron chi connectivity index (χ3n) is 2.25. The third-order valence-corrected chi connectivity index (χ3v) is 2.25. The van der Waals surface area contributed by atoms with E-state index in [2.05, 4.69) is 30.8 Å². The lowest BCUT2D eigenvalue weighted by molar-refractivity contribution is 0.585. The van der Waals surface area contributed by atoms with Gasteiger partial charge in [-0.3, -0.25) is 0 Å². The van der Waals surface area contributed by atoms with Crippen molar-refractivity contribution in [2.24, 2.45) is 5.92 Å². The fourth-order valence-electron chi connectivity index (χ4n) is 1.25. The van der Waals surface area contributed by atoms with Gasteiger partial charge in [-0.2, -0.15) is 0 Å². The van der Waals surface area contributed by atoms with Gasteiger partial charge >= 0.3 is 0 Å². The Hall–Kier alpha value is -1.25. The summed E-state index contributed by atoms with van der Waals surface area (Å²) in [6.07, 6.45) is 2.94. The van der Waals surface area contributed by atoms with E-state index in [-0.39, 0.29) is 0 Å². The molecule has 0 atom stereocenters. The summed E-state index contributed by atoms with van der Waals surface area (Å²) >= 11 is 0. The zero-order chi connectivity index (χ0) is 10.6. The van der Waals surface area contributed by atoms with Crippen molar-refractivity contribution in [3.8, 4) is 0 Å². The molecule has 0 saturated heterocycles. The van der Waals surface area contributed by atoms with Crippen LogP contribution >= 0.6 is 0 Å². The molecule has 2 N–H and O–H groups in total. The van der Waals surface area contributed by atoms with Gasteiger partial charge in [0.25, 0.3) is 0 Å². The van der Waals surface area contributed by atoms with Crippen molar-refractivity contribution in [2.45, 2.75) is 20.3 Å². The molecule has 1 heterocycles. The van der Waals surface area contributed by atoms with Crippen LogP contribution in [0.3, 0.4) is 0 Å². The maximum Gasteiger partial charge on any atom is 0.125 e. The standard InChI is InChI=1S/C11H19N3/c1-9(2)5-7-14(3)10-4-6-13-11(12)8-10/h4,6,8-9H,5,7H2,1-3H3,(H2,12,13). The Kier molecular flexibility index (Phi) is 3.74. The van der Waals surface area contributed by atoms with Gasteiger partial charge in [-0.05, 0) is 18.4 Å². The Labute approximate surface area is 85.9 Å². The van der Waals surface area contributed by atoms with Crippen molar-refractivity contribution in [1.29, 1.82) is 0 Å².